The number of hydrogen-bond acceptors (Lipinski definition) is 3. The molecule has 0 saturated heterocycles. The SMILES string of the molecule is O=C1O[C@@H](/C=C/c2ccccc2)Cc2cccc(O)c21. The van der Waals surface area contributed by atoms with Gasteiger partial charge >= 0.3 is 5.97 Å². The highest BCUT2D eigenvalue weighted by atomic mass is 16.5. The Morgan fingerprint density at radius 1 is 1.10 bits per heavy atom. The summed E-state index contributed by atoms with van der Waals surface area (Å²) in [6.07, 6.45) is 4.10. The van der Waals surface area contributed by atoms with E-state index in [0.717, 1.165) is 11.1 Å². The topological polar surface area (TPSA) is 46.5 Å². The molecule has 3 rings (SSSR count). The first-order chi connectivity index (χ1) is 9.74. The molecule has 2 aromatic carbocycles. The minimum atomic E-state index is -0.466. The number of carbonyl (C=O) groups is 1. The number of aromatic hydroxyl groups is 1. The van der Waals surface area contributed by atoms with Crippen molar-refractivity contribution in [2.24, 2.45) is 0 Å². The Kier molecular flexibility index (Phi) is 3.25. The number of esters is 1. The lowest BCUT2D eigenvalue weighted by atomic mass is 9.97. The van der Waals surface area contributed by atoms with E-state index < -0.39 is 5.97 Å². The second-order valence-electron chi connectivity index (χ2n) is 4.73. The Balaban J connectivity index is 1.82. The Morgan fingerprint density at radius 2 is 1.90 bits per heavy atom. The monoisotopic (exact) mass is 266 g/mol. The number of benzene rings is 2. The van der Waals surface area contributed by atoms with Gasteiger partial charge in [-0.05, 0) is 23.3 Å². The van der Waals surface area contributed by atoms with Crippen molar-refractivity contribution in [3.05, 3.63) is 71.3 Å². The number of ether oxygens (including phenoxy) is 1. The Bertz CT molecular complexity index is 659. The zero-order valence-electron chi connectivity index (χ0n) is 10.8. The van der Waals surface area contributed by atoms with Gasteiger partial charge in [-0.1, -0.05) is 48.5 Å². The summed E-state index contributed by atoms with van der Waals surface area (Å²) in [6.45, 7) is 0. The van der Waals surface area contributed by atoms with Gasteiger partial charge in [0, 0.05) is 6.42 Å². The number of cyclic esters (lactones) is 1. The maximum atomic E-state index is 11.9. The molecule has 3 heteroatoms. The third-order valence-corrected chi connectivity index (χ3v) is 3.32. The van der Waals surface area contributed by atoms with Crippen LogP contribution in [0.15, 0.2) is 54.6 Å². The molecular formula is C17H14O3. The van der Waals surface area contributed by atoms with Gasteiger partial charge in [0.25, 0.3) is 0 Å². The van der Waals surface area contributed by atoms with Gasteiger partial charge in [0.15, 0.2) is 0 Å². The molecule has 20 heavy (non-hydrogen) atoms. The second-order valence-corrected chi connectivity index (χ2v) is 4.73. The van der Waals surface area contributed by atoms with Crippen molar-refractivity contribution in [3.8, 4) is 5.75 Å². The first-order valence-electron chi connectivity index (χ1n) is 6.49. The van der Waals surface area contributed by atoms with Crippen LogP contribution in [0.1, 0.15) is 21.5 Å². The van der Waals surface area contributed by atoms with Crippen molar-refractivity contribution < 1.29 is 14.6 Å². The summed E-state index contributed by atoms with van der Waals surface area (Å²) >= 11 is 0. The van der Waals surface area contributed by atoms with E-state index in [4.69, 9.17) is 4.74 Å². The summed E-state index contributed by atoms with van der Waals surface area (Å²) in [4.78, 5) is 11.9. The zero-order chi connectivity index (χ0) is 13.9. The fourth-order valence-electron chi connectivity index (χ4n) is 2.34. The molecule has 2 aromatic rings. The predicted molar refractivity (Wildman–Crippen MR) is 76.5 cm³/mol. The average molecular weight is 266 g/mol. The molecular weight excluding hydrogens is 252 g/mol. The van der Waals surface area contributed by atoms with E-state index in [-0.39, 0.29) is 17.4 Å². The van der Waals surface area contributed by atoms with E-state index in [2.05, 4.69) is 0 Å². The molecule has 1 aliphatic rings. The minimum Gasteiger partial charge on any atom is -0.507 e. The lowest BCUT2D eigenvalue weighted by molar-refractivity contribution is 0.0355. The molecule has 1 aliphatic heterocycles. The van der Waals surface area contributed by atoms with Crippen LogP contribution in [0.2, 0.25) is 0 Å². The number of phenolic OH excluding ortho intramolecular Hbond substituents is 1. The highest BCUT2D eigenvalue weighted by molar-refractivity contribution is 5.95. The predicted octanol–water partition coefficient (Wildman–Crippen LogP) is 3.19. The van der Waals surface area contributed by atoms with Gasteiger partial charge in [-0.2, -0.15) is 0 Å². The van der Waals surface area contributed by atoms with Crippen LogP contribution >= 0.6 is 0 Å². The fourth-order valence-corrected chi connectivity index (χ4v) is 2.34. The van der Waals surface area contributed by atoms with Crippen LogP contribution in [0.3, 0.4) is 0 Å². The van der Waals surface area contributed by atoms with Gasteiger partial charge in [0.1, 0.15) is 17.4 Å². The standard InChI is InChI=1S/C17H14O3/c18-15-8-4-7-13-11-14(20-17(19)16(13)15)10-9-12-5-2-1-3-6-12/h1-10,14,18H,11H2/b10-9+/t14-/m0/s1. The van der Waals surface area contributed by atoms with Crippen LogP contribution < -0.4 is 0 Å². The molecule has 0 aliphatic carbocycles. The van der Waals surface area contributed by atoms with Gasteiger partial charge in [-0.3, -0.25) is 0 Å². The lowest BCUT2D eigenvalue weighted by Crippen LogP contribution is -2.26. The van der Waals surface area contributed by atoms with Gasteiger partial charge < -0.3 is 9.84 Å². The maximum Gasteiger partial charge on any atom is 0.342 e. The van der Waals surface area contributed by atoms with Crippen molar-refractivity contribution in [2.75, 3.05) is 0 Å². The van der Waals surface area contributed by atoms with Crippen LogP contribution in [0.25, 0.3) is 6.08 Å². The third-order valence-electron chi connectivity index (χ3n) is 3.32. The molecule has 0 saturated carbocycles. The molecule has 0 aromatic heterocycles. The van der Waals surface area contributed by atoms with E-state index >= 15 is 0 Å². The maximum absolute atomic E-state index is 11.9. The van der Waals surface area contributed by atoms with Crippen LogP contribution in [0, 0.1) is 0 Å². The molecule has 1 atom stereocenters. The highest BCUT2D eigenvalue weighted by Crippen LogP contribution is 2.28. The molecule has 0 bridgehead atoms. The third kappa shape index (κ3) is 2.43. The second kappa shape index (κ2) is 5.21. The Hall–Kier alpha value is -2.55. The van der Waals surface area contributed by atoms with Gasteiger partial charge in [-0.25, -0.2) is 4.79 Å². The van der Waals surface area contributed by atoms with Crippen molar-refractivity contribution in [2.45, 2.75) is 12.5 Å². The van der Waals surface area contributed by atoms with Gasteiger partial charge in [0.05, 0.1) is 0 Å². The van der Waals surface area contributed by atoms with E-state index in [1.54, 1.807) is 6.07 Å². The Labute approximate surface area is 117 Å². The summed E-state index contributed by atoms with van der Waals surface area (Å²) in [6, 6.07) is 14.9. The molecule has 3 nitrogen and oxygen atoms in total. The number of carbonyl (C=O) groups excluding carboxylic acids is 1. The normalized spacial score (nSPS) is 17.8. The minimum absolute atomic E-state index is 0.0158. The lowest BCUT2D eigenvalue weighted by Gasteiger charge is -2.22. The highest BCUT2D eigenvalue weighted by Gasteiger charge is 2.27. The van der Waals surface area contributed by atoms with Crippen molar-refractivity contribution in [1.82, 2.24) is 0 Å². The summed E-state index contributed by atoms with van der Waals surface area (Å²) in [5.74, 6) is -0.481. The zero-order valence-corrected chi connectivity index (χ0v) is 10.8. The molecule has 0 unspecified atom stereocenters. The van der Waals surface area contributed by atoms with E-state index in [1.807, 2.05) is 48.6 Å². The van der Waals surface area contributed by atoms with E-state index in [9.17, 15) is 9.90 Å². The molecule has 0 fully saturated rings. The molecule has 0 radical (unpaired) electrons. The summed E-state index contributed by atoms with van der Waals surface area (Å²) in [5.41, 5.74) is 2.17. The van der Waals surface area contributed by atoms with Gasteiger partial charge in [-0.15, -0.1) is 0 Å². The molecule has 100 valence electrons. The number of hydrogen-bond donors (Lipinski definition) is 1. The molecule has 0 amide bonds. The first kappa shape index (κ1) is 12.5. The summed E-state index contributed by atoms with van der Waals surface area (Å²) < 4.78 is 5.33. The van der Waals surface area contributed by atoms with Crippen LogP contribution in [0.5, 0.6) is 5.75 Å². The van der Waals surface area contributed by atoms with Crippen LogP contribution in [0.4, 0.5) is 0 Å². The van der Waals surface area contributed by atoms with Crippen molar-refractivity contribution >= 4 is 12.0 Å². The Morgan fingerprint density at radius 3 is 2.70 bits per heavy atom. The fraction of sp³-hybridized carbons (Fsp3) is 0.118. The molecule has 1 N–H and O–H groups in total. The summed E-state index contributed by atoms with van der Waals surface area (Å²) in [7, 11) is 0. The van der Waals surface area contributed by atoms with E-state index in [1.165, 1.54) is 6.07 Å². The van der Waals surface area contributed by atoms with Crippen molar-refractivity contribution in [1.29, 1.82) is 0 Å². The first-order valence-corrected chi connectivity index (χ1v) is 6.49. The molecule has 0 spiro atoms. The molecule has 1 heterocycles. The smallest absolute Gasteiger partial charge is 0.342 e. The largest absolute Gasteiger partial charge is 0.507 e. The van der Waals surface area contributed by atoms with E-state index in [0.29, 0.717) is 6.42 Å². The van der Waals surface area contributed by atoms with Crippen LogP contribution in [-0.2, 0) is 11.2 Å². The summed E-state index contributed by atoms with van der Waals surface area (Å²) in [5, 5.41) is 9.70. The van der Waals surface area contributed by atoms with Gasteiger partial charge in [0.2, 0.25) is 0 Å². The van der Waals surface area contributed by atoms with Crippen molar-refractivity contribution in [3.63, 3.8) is 0 Å². The average Bonchev–Trinajstić information content (AvgIpc) is 2.46. The number of fused-ring (bicyclic) bond motifs is 1. The quantitative estimate of drug-likeness (QED) is 0.849. The number of rotatable bonds is 2. The number of phenols is 1. The van der Waals surface area contributed by atoms with Crippen LogP contribution in [-0.4, -0.2) is 17.2 Å².